The third-order valence-electron chi connectivity index (χ3n) is 8.18. The van der Waals surface area contributed by atoms with E-state index < -0.39 is 17.2 Å². The SMILES string of the molecule is CC(C)(C)OC(=O)CNC(=O)c1ccc(C2C=NC(Nc3ccc(OCCN4CCC(O)(Cc5ccccc5)CC4)cc3)=NC2)cc1. The van der Waals surface area contributed by atoms with E-state index in [4.69, 9.17) is 9.47 Å². The topological polar surface area (TPSA) is 125 Å². The van der Waals surface area contributed by atoms with Crippen LogP contribution in [0.5, 0.6) is 5.75 Å². The van der Waals surface area contributed by atoms with Crippen molar-refractivity contribution in [2.75, 3.05) is 44.6 Å². The van der Waals surface area contributed by atoms with Crippen molar-refractivity contribution in [2.24, 2.45) is 9.98 Å². The van der Waals surface area contributed by atoms with Gasteiger partial charge < -0.3 is 25.2 Å². The first-order chi connectivity index (χ1) is 22.5. The van der Waals surface area contributed by atoms with E-state index in [2.05, 4.69) is 37.7 Å². The van der Waals surface area contributed by atoms with Crippen LogP contribution in [0.25, 0.3) is 0 Å². The first-order valence-corrected chi connectivity index (χ1v) is 16.2. The molecule has 1 atom stereocenters. The van der Waals surface area contributed by atoms with Gasteiger partial charge in [-0.15, -0.1) is 0 Å². The molecule has 0 saturated carbocycles. The van der Waals surface area contributed by atoms with E-state index in [9.17, 15) is 14.7 Å². The van der Waals surface area contributed by atoms with Gasteiger partial charge in [0.1, 0.15) is 24.5 Å². The van der Waals surface area contributed by atoms with Crippen molar-refractivity contribution in [3.63, 3.8) is 0 Å². The number of carbonyl (C=O) groups is 2. The lowest BCUT2D eigenvalue weighted by molar-refractivity contribution is -0.153. The smallest absolute Gasteiger partial charge is 0.325 e. The Kier molecular flexibility index (Phi) is 11.1. The number of aliphatic hydroxyl groups is 1. The number of amides is 1. The molecule has 0 bridgehead atoms. The molecule has 47 heavy (non-hydrogen) atoms. The quantitative estimate of drug-likeness (QED) is 0.257. The summed E-state index contributed by atoms with van der Waals surface area (Å²) in [5.41, 5.74) is 2.27. The lowest BCUT2D eigenvalue weighted by Gasteiger charge is -2.38. The maximum Gasteiger partial charge on any atom is 0.325 e. The number of ether oxygens (including phenoxy) is 2. The molecule has 2 aliphatic rings. The minimum absolute atomic E-state index is 0.00670. The lowest BCUT2D eigenvalue weighted by atomic mass is 9.85. The highest BCUT2D eigenvalue weighted by Gasteiger charge is 2.32. The summed E-state index contributed by atoms with van der Waals surface area (Å²) in [5.74, 6) is 0.505. The number of likely N-dealkylation sites (tertiary alicyclic amines) is 1. The summed E-state index contributed by atoms with van der Waals surface area (Å²) >= 11 is 0. The third-order valence-corrected chi connectivity index (χ3v) is 8.18. The third kappa shape index (κ3) is 10.5. The zero-order valence-electron chi connectivity index (χ0n) is 27.4. The molecule has 1 fully saturated rings. The van der Waals surface area contributed by atoms with Gasteiger partial charge in [0.2, 0.25) is 5.96 Å². The van der Waals surface area contributed by atoms with Crippen molar-refractivity contribution in [1.29, 1.82) is 0 Å². The normalized spacial score (nSPS) is 17.8. The van der Waals surface area contributed by atoms with Gasteiger partial charge >= 0.3 is 5.97 Å². The number of piperidine rings is 1. The number of benzene rings is 3. The second-order valence-electron chi connectivity index (χ2n) is 13.2. The number of aliphatic imine (C=N–C) groups is 2. The average Bonchev–Trinajstić information content (AvgIpc) is 3.05. The van der Waals surface area contributed by atoms with Gasteiger partial charge in [-0.3, -0.25) is 19.5 Å². The fourth-order valence-electron chi connectivity index (χ4n) is 5.61. The number of nitrogens with zero attached hydrogens (tertiary/aromatic N) is 3. The van der Waals surface area contributed by atoms with Crippen molar-refractivity contribution >= 4 is 29.7 Å². The molecule has 0 radical (unpaired) electrons. The van der Waals surface area contributed by atoms with Crippen molar-refractivity contribution in [1.82, 2.24) is 10.2 Å². The van der Waals surface area contributed by atoms with Gasteiger partial charge in [0.05, 0.1) is 12.1 Å². The Labute approximate surface area is 276 Å². The standard InChI is InChI=1S/C37H45N5O5/c1-36(2,3)47-33(43)26-38-34(44)29-11-9-28(10-12-29)30-24-39-35(40-25-30)41-31-13-15-32(16-14-31)46-22-21-42-19-17-37(45,18-20-42)23-27-7-5-4-6-8-27/h4-16,24,30,45H,17-23,25-26H2,1-3H3,(H,38,44)(H,40,41). The molecule has 2 heterocycles. The van der Waals surface area contributed by atoms with Crippen LogP contribution >= 0.6 is 0 Å². The summed E-state index contributed by atoms with van der Waals surface area (Å²) in [6, 6.07) is 25.2. The second kappa shape index (κ2) is 15.4. The Balaban J connectivity index is 1.00. The van der Waals surface area contributed by atoms with Gasteiger partial charge in [-0.05, 0) is 81.1 Å². The van der Waals surface area contributed by atoms with Crippen LogP contribution in [0, 0.1) is 0 Å². The molecule has 3 N–H and O–H groups in total. The molecule has 10 heteroatoms. The van der Waals surface area contributed by atoms with Crippen molar-refractivity contribution in [3.05, 3.63) is 95.6 Å². The summed E-state index contributed by atoms with van der Waals surface area (Å²) in [6.45, 7) is 8.81. The van der Waals surface area contributed by atoms with E-state index in [1.807, 2.05) is 60.8 Å². The molecule has 0 aromatic heterocycles. The molecule has 1 amide bonds. The van der Waals surface area contributed by atoms with E-state index >= 15 is 0 Å². The minimum Gasteiger partial charge on any atom is -0.492 e. The summed E-state index contributed by atoms with van der Waals surface area (Å²) in [7, 11) is 0. The highest BCUT2D eigenvalue weighted by molar-refractivity contribution is 6.00. The molecule has 10 nitrogen and oxygen atoms in total. The molecular formula is C37H45N5O5. The molecule has 1 unspecified atom stereocenters. The number of guanidine groups is 1. The Morgan fingerprint density at radius 1 is 0.979 bits per heavy atom. The van der Waals surface area contributed by atoms with E-state index in [-0.39, 0.29) is 18.4 Å². The van der Waals surface area contributed by atoms with Gasteiger partial charge in [-0.25, -0.2) is 4.99 Å². The monoisotopic (exact) mass is 639 g/mol. The Morgan fingerprint density at radius 3 is 2.32 bits per heavy atom. The van der Waals surface area contributed by atoms with Gasteiger partial charge in [0, 0.05) is 49.4 Å². The van der Waals surface area contributed by atoms with Crippen LogP contribution in [0.3, 0.4) is 0 Å². The van der Waals surface area contributed by atoms with Crippen LogP contribution in [0.1, 0.15) is 61.0 Å². The molecule has 1 saturated heterocycles. The maximum absolute atomic E-state index is 12.4. The van der Waals surface area contributed by atoms with Crippen molar-refractivity contribution in [3.8, 4) is 5.75 Å². The summed E-state index contributed by atoms with van der Waals surface area (Å²) < 4.78 is 11.2. The summed E-state index contributed by atoms with van der Waals surface area (Å²) in [4.78, 5) is 35.8. The largest absolute Gasteiger partial charge is 0.492 e. The molecule has 3 aromatic rings. The number of esters is 1. The number of carbonyl (C=O) groups excluding carboxylic acids is 2. The number of anilines is 1. The van der Waals surface area contributed by atoms with Crippen LogP contribution in [0.4, 0.5) is 5.69 Å². The maximum atomic E-state index is 12.4. The fourth-order valence-corrected chi connectivity index (χ4v) is 5.61. The molecule has 2 aliphatic heterocycles. The first kappa shape index (κ1) is 33.8. The number of hydrogen-bond acceptors (Lipinski definition) is 9. The van der Waals surface area contributed by atoms with Crippen LogP contribution in [0.15, 0.2) is 88.8 Å². The first-order valence-electron chi connectivity index (χ1n) is 16.2. The highest BCUT2D eigenvalue weighted by Crippen LogP contribution is 2.26. The molecule has 0 spiro atoms. The molecule has 5 rings (SSSR count). The summed E-state index contributed by atoms with van der Waals surface area (Å²) in [6.07, 6.45) is 4.08. The predicted molar refractivity (Wildman–Crippen MR) is 184 cm³/mol. The zero-order chi connectivity index (χ0) is 33.3. The molecule has 0 aliphatic carbocycles. The van der Waals surface area contributed by atoms with E-state index in [0.717, 1.165) is 49.5 Å². The van der Waals surface area contributed by atoms with Gasteiger partial charge in [-0.2, -0.15) is 0 Å². The Bertz CT molecular complexity index is 1540. The second-order valence-corrected chi connectivity index (χ2v) is 13.2. The predicted octanol–water partition coefficient (Wildman–Crippen LogP) is 4.84. The molecule has 3 aromatic carbocycles. The van der Waals surface area contributed by atoms with Gasteiger partial charge in [-0.1, -0.05) is 42.5 Å². The number of nitrogens with one attached hydrogen (secondary N) is 2. The van der Waals surface area contributed by atoms with E-state index in [1.165, 1.54) is 5.56 Å². The van der Waals surface area contributed by atoms with Crippen LogP contribution in [0.2, 0.25) is 0 Å². The van der Waals surface area contributed by atoms with Crippen molar-refractivity contribution < 1.29 is 24.2 Å². The van der Waals surface area contributed by atoms with Gasteiger partial charge in [0.25, 0.3) is 5.91 Å². The Hall–Kier alpha value is -4.54. The van der Waals surface area contributed by atoms with Crippen molar-refractivity contribution in [2.45, 2.75) is 57.2 Å². The highest BCUT2D eigenvalue weighted by atomic mass is 16.6. The number of hydrogen-bond donors (Lipinski definition) is 3. The van der Waals surface area contributed by atoms with E-state index in [1.54, 1.807) is 32.9 Å². The zero-order valence-corrected chi connectivity index (χ0v) is 27.4. The fraction of sp³-hybridized carbons (Fsp3) is 0.405. The Morgan fingerprint density at radius 2 is 1.68 bits per heavy atom. The van der Waals surface area contributed by atoms with Gasteiger partial charge in [0.15, 0.2) is 0 Å². The average molecular weight is 640 g/mol. The lowest BCUT2D eigenvalue weighted by Crippen LogP contribution is -2.46. The van der Waals surface area contributed by atoms with E-state index in [0.29, 0.717) is 31.1 Å². The molecule has 248 valence electrons. The van der Waals surface area contributed by atoms with Crippen LogP contribution < -0.4 is 15.4 Å². The molecular weight excluding hydrogens is 594 g/mol. The van der Waals surface area contributed by atoms with Crippen LogP contribution in [-0.4, -0.2) is 84.6 Å². The summed E-state index contributed by atoms with van der Waals surface area (Å²) in [5, 5.41) is 16.9. The van der Waals surface area contributed by atoms with Crippen LogP contribution in [-0.2, 0) is 16.0 Å². The number of rotatable bonds is 11. The minimum atomic E-state index is -0.632.